The van der Waals surface area contributed by atoms with E-state index in [0.29, 0.717) is 5.95 Å². The molecule has 0 spiro atoms. The molecule has 6 heteroatoms. The number of nitrogens with zero attached hydrogens (tertiary/aromatic N) is 2. The summed E-state index contributed by atoms with van der Waals surface area (Å²) in [6.45, 7) is 8.42. The molecule has 2 aromatic rings. The van der Waals surface area contributed by atoms with E-state index in [1.54, 1.807) is 0 Å². The van der Waals surface area contributed by atoms with Crippen LogP contribution < -0.4 is 10.8 Å². The summed E-state index contributed by atoms with van der Waals surface area (Å²) in [6, 6.07) is 6.03. The lowest BCUT2D eigenvalue weighted by molar-refractivity contribution is -0.0716. The molecule has 1 fully saturated rings. The van der Waals surface area contributed by atoms with Gasteiger partial charge in [-0.25, -0.2) is 9.97 Å². The van der Waals surface area contributed by atoms with Gasteiger partial charge in [-0.05, 0) is 39.2 Å². The third-order valence-corrected chi connectivity index (χ3v) is 3.80. The topological polar surface area (TPSA) is 56.3 Å². The van der Waals surface area contributed by atoms with Crippen molar-refractivity contribution in [3.63, 3.8) is 0 Å². The van der Waals surface area contributed by atoms with Gasteiger partial charge in [-0.15, -0.1) is 0 Å². The van der Waals surface area contributed by atoms with Crippen LogP contribution in [0.4, 0.5) is 5.95 Å². The summed E-state index contributed by atoms with van der Waals surface area (Å²) in [4.78, 5) is 8.70. The van der Waals surface area contributed by atoms with Crippen LogP contribution in [0.15, 0.2) is 24.4 Å². The molecular formula is C16H22BN3O2. The second-order valence-corrected chi connectivity index (χ2v) is 7.03. The van der Waals surface area contributed by atoms with Gasteiger partial charge in [0.25, 0.3) is 0 Å². The number of hydrogen-bond acceptors (Lipinski definition) is 5. The Morgan fingerprint density at radius 3 is 2.45 bits per heavy atom. The summed E-state index contributed by atoms with van der Waals surface area (Å²) >= 11 is 0. The van der Waals surface area contributed by atoms with Crippen molar-refractivity contribution in [1.29, 1.82) is 0 Å². The lowest BCUT2D eigenvalue weighted by Crippen LogP contribution is -2.56. The monoisotopic (exact) mass is 299 g/mol. The molecule has 1 N–H and O–H groups in total. The minimum atomic E-state index is -0.368. The molecule has 0 unspecified atom stereocenters. The zero-order chi connectivity index (χ0) is 16.0. The summed E-state index contributed by atoms with van der Waals surface area (Å²) in [5.74, 6) is 0.618. The minimum absolute atomic E-state index is 0.214. The summed E-state index contributed by atoms with van der Waals surface area (Å²) < 4.78 is 12.2. The zero-order valence-electron chi connectivity index (χ0n) is 13.8. The SMILES string of the molecule is CNc1ncc2cc(B3OC(C)(C)CC(C)(C)O3)ccc2n1. The van der Waals surface area contributed by atoms with Crippen LogP contribution in [0.1, 0.15) is 34.1 Å². The Morgan fingerprint density at radius 1 is 1.14 bits per heavy atom. The first-order valence-electron chi connectivity index (χ1n) is 7.58. The number of aromatic nitrogens is 2. The normalized spacial score (nSPS) is 20.1. The number of benzene rings is 1. The Balaban J connectivity index is 1.96. The zero-order valence-corrected chi connectivity index (χ0v) is 13.8. The largest absolute Gasteiger partial charge is 0.494 e. The van der Waals surface area contributed by atoms with E-state index in [4.69, 9.17) is 9.31 Å². The van der Waals surface area contributed by atoms with Gasteiger partial charge in [0.2, 0.25) is 5.95 Å². The van der Waals surface area contributed by atoms with Crippen molar-refractivity contribution < 1.29 is 9.31 Å². The van der Waals surface area contributed by atoms with Gasteiger partial charge in [-0.2, -0.15) is 0 Å². The first-order chi connectivity index (χ1) is 10.3. The van der Waals surface area contributed by atoms with E-state index in [1.807, 2.05) is 31.4 Å². The van der Waals surface area contributed by atoms with Crippen LogP contribution in [0.25, 0.3) is 10.9 Å². The molecule has 1 aromatic heterocycles. The van der Waals surface area contributed by atoms with E-state index in [1.165, 1.54) is 0 Å². The quantitative estimate of drug-likeness (QED) is 0.863. The van der Waals surface area contributed by atoms with Crippen LogP contribution >= 0.6 is 0 Å². The Labute approximate surface area is 131 Å². The highest BCUT2D eigenvalue weighted by atomic mass is 16.6. The van der Waals surface area contributed by atoms with Gasteiger partial charge in [0.15, 0.2) is 0 Å². The van der Waals surface area contributed by atoms with Crippen molar-refractivity contribution >= 4 is 29.4 Å². The van der Waals surface area contributed by atoms with Crippen LogP contribution in [-0.4, -0.2) is 35.3 Å². The van der Waals surface area contributed by atoms with Gasteiger partial charge in [-0.3, -0.25) is 0 Å². The van der Waals surface area contributed by atoms with Crippen molar-refractivity contribution in [1.82, 2.24) is 9.97 Å². The Kier molecular flexibility index (Phi) is 3.61. The summed E-state index contributed by atoms with van der Waals surface area (Å²) in [5.41, 5.74) is 1.47. The molecule has 1 saturated heterocycles. The highest BCUT2D eigenvalue weighted by Gasteiger charge is 2.43. The third kappa shape index (κ3) is 3.08. The van der Waals surface area contributed by atoms with Crippen LogP contribution in [0.2, 0.25) is 0 Å². The second kappa shape index (κ2) is 5.21. The van der Waals surface area contributed by atoms with Gasteiger partial charge in [0.05, 0.1) is 16.7 Å². The van der Waals surface area contributed by atoms with Crippen molar-refractivity contribution in [3.05, 3.63) is 24.4 Å². The molecule has 0 amide bonds. The second-order valence-electron chi connectivity index (χ2n) is 7.03. The fourth-order valence-electron chi connectivity index (χ4n) is 3.17. The molecule has 116 valence electrons. The minimum Gasteiger partial charge on any atom is -0.402 e. The molecular weight excluding hydrogens is 277 g/mol. The smallest absolute Gasteiger partial charge is 0.402 e. The van der Waals surface area contributed by atoms with E-state index >= 15 is 0 Å². The molecule has 22 heavy (non-hydrogen) atoms. The molecule has 0 bridgehead atoms. The van der Waals surface area contributed by atoms with Crippen molar-refractivity contribution in [2.75, 3.05) is 12.4 Å². The number of rotatable bonds is 2. The summed E-state index contributed by atoms with van der Waals surface area (Å²) in [6.07, 6.45) is 2.68. The molecule has 0 atom stereocenters. The van der Waals surface area contributed by atoms with E-state index in [0.717, 1.165) is 22.8 Å². The predicted octanol–water partition coefficient (Wildman–Crippen LogP) is 2.36. The summed E-state index contributed by atoms with van der Waals surface area (Å²) in [7, 11) is 1.44. The lowest BCUT2D eigenvalue weighted by Gasteiger charge is -2.44. The fourth-order valence-corrected chi connectivity index (χ4v) is 3.17. The molecule has 0 radical (unpaired) electrons. The lowest BCUT2D eigenvalue weighted by atomic mass is 9.72. The molecule has 1 aliphatic heterocycles. The molecule has 1 aromatic carbocycles. The first-order valence-corrected chi connectivity index (χ1v) is 7.58. The number of nitrogens with one attached hydrogen (secondary N) is 1. The average molecular weight is 299 g/mol. The highest BCUT2D eigenvalue weighted by Crippen LogP contribution is 2.33. The van der Waals surface area contributed by atoms with Crippen LogP contribution in [0.5, 0.6) is 0 Å². The van der Waals surface area contributed by atoms with Gasteiger partial charge >= 0.3 is 7.12 Å². The van der Waals surface area contributed by atoms with E-state index in [9.17, 15) is 0 Å². The van der Waals surface area contributed by atoms with Crippen LogP contribution in [-0.2, 0) is 9.31 Å². The molecule has 0 aliphatic carbocycles. The fraction of sp³-hybridized carbons (Fsp3) is 0.500. The van der Waals surface area contributed by atoms with Gasteiger partial charge < -0.3 is 14.6 Å². The van der Waals surface area contributed by atoms with Crippen molar-refractivity contribution in [2.24, 2.45) is 0 Å². The standard InChI is InChI=1S/C16H22BN3O2/c1-15(2)10-16(3,4)22-17(21-15)12-6-7-13-11(8-12)9-19-14(18-5)20-13/h6-9H,10H2,1-5H3,(H,18,19,20). The maximum atomic E-state index is 6.11. The van der Waals surface area contributed by atoms with E-state index in [2.05, 4.69) is 43.0 Å². The maximum absolute atomic E-state index is 6.11. The van der Waals surface area contributed by atoms with Gasteiger partial charge in [0, 0.05) is 25.1 Å². The molecule has 2 heterocycles. The first kappa shape index (κ1) is 15.2. The number of hydrogen-bond donors (Lipinski definition) is 1. The Hall–Kier alpha value is -1.66. The van der Waals surface area contributed by atoms with E-state index in [-0.39, 0.29) is 18.3 Å². The highest BCUT2D eigenvalue weighted by molar-refractivity contribution is 6.62. The van der Waals surface area contributed by atoms with Gasteiger partial charge in [0.1, 0.15) is 0 Å². The van der Waals surface area contributed by atoms with Gasteiger partial charge in [-0.1, -0.05) is 12.1 Å². The molecule has 5 nitrogen and oxygen atoms in total. The predicted molar refractivity (Wildman–Crippen MR) is 89.4 cm³/mol. The average Bonchev–Trinajstić information content (AvgIpc) is 2.43. The van der Waals surface area contributed by atoms with Crippen LogP contribution in [0.3, 0.4) is 0 Å². The van der Waals surface area contributed by atoms with Crippen LogP contribution in [0, 0.1) is 0 Å². The number of fused-ring (bicyclic) bond motifs is 1. The van der Waals surface area contributed by atoms with Crippen molar-refractivity contribution in [2.45, 2.75) is 45.3 Å². The van der Waals surface area contributed by atoms with E-state index < -0.39 is 0 Å². The molecule has 3 rings (SSSR count). The molecule has 0 saturated carbocycles. The Morgan fingerprint density at radius 2 is 1.82 bits per heavy atom. The maximum Gasteiger partial charge on any atom is 0.494 e. The van der Waals surface area contributed by atoms with Crippen molar-refractivity contribution in [3.8, 4) is 0 Å². The third-order valence-electron chi connectivity index (χ3n) is 3.80. The summed E-state index contributed by atoms with van der Waals surface area (Å²) in [5, 5.41) is 3.92. The Bertz CT molecular complexity index is 687. The number of anilines is 1. The molecule has 1 aliphatic rings.